The zero-order chi connectivity index (χ0) is 17.1. The molecule has 1 aliphatic rings. The van der Waals surface area contributed by atoms with E-state index in [1.54, 1.807) is 6.07 Å². The van der Waals surface area contributed by atoms with E-state index in [-0.39, 0.29) is 29.1 Å². The fraction of sp³-hybridized carbons (Fsp3) is 0.312. The number of nitrogens with one attached hydrogen (secondary N) is 2. The smallest absolute Gasteiger partial charge is 0.273 e. The first kappa shape index (κ1) is 16.3. The minimum Gasteiger partial charge on any atom is -0.352 e. The van der Waals surface area contributed by atoms with Crippen molar-refractivity contribution in [3.63, 3.8) is 0 Å². The minimum absolute atomic E-state index is 0.0532. The standard InChI is InChI=1S/C16H17FN4O3/c1-10(22)15-6-14(20-24-15)16(23)19-13-7-18-21(9-13)8-11-3-2-4-12(17)5-11/h2-6,13,18H,7-9H2,1H3,(H,19,23). The Bertz CT molecular complexity index is 761. The highest BCUT2D eigenvalue weighted by molar-refractivity contribution is 5.96. The molecule has 2 N–H and O–H groups in total. The van der Waals surface area contributed by atoms with Gasteiger partial charge < -0.3 is 9.84 Å². The van der Waals surface area contributed by atoms with Gasteiger partial charge >= 0.3 is 0 Å². The third-order valence-corrected chi connectivity index (χ3v) is 3.69. The van der Waals surface area contributed by atoms with E-state index in [9.17, 15) is 14.0 Å². The quantitative estimate of drug-likeness (QED) is 0.798. The molecule has 0 aliphatic carbocycles. The molecule has 1 fully saturated rings. The molecular weight excluding hydrogens is 315 g/mol. The van der Waals surface area contributed by atoms with E-state index in [4.69, 9.17) is 4.52 Å². The maximum absolute atomic E-state index is 13.2. The number of hydrazine groups is 1. The normalized spacial score (nSPS) is 17.8. The van der Waals surface area contributed by atoms with E-state index in [2.05, 4.69) is 15.9 Å². The fourth-order valence-electron chi connectivity index (χ4n) is 2.51. The first-order valence-electron chi connectivity index (χ1n) is 7.52. The SMILES string of the molecule is CC(=O)c1cc(C(=O)NC2CNN(Cc3cccc(F)c3)C2)no1. The summed E-state index contributed by atoms with van der Waals surface area (Å²) in [5, 5.41) is 8.32. The minimum atomic E-state index is -0.398. The van der Waals surface area contributed by atoms with Crippen LogP contribution in [0.5, 0.6) is 0 Å². The maximum Gasteiger partial charge on any atom is 0.273 e. The Balaban J connectivity index is 1.53. The van der Waals surface area contributed by atoms with Crippen LogP contribution in [0.25, 0.3) is 0 Å². The van der Waals surface area contributed by atoms with E-state index >= 15 is 0 Å². The molecule has 126 valence electrons. The molecule has 8 heteroatoms. The molecule has 1 saturated heterocycles. The number of amides is 1. The molecule has 7 nitrogen and oxygen atoms in total. The second-order valence-electron chi connectivity index (χ2n) is 5.68. The van der Waals surface area contributed by atoms with Crippen LogP contribution in [0.15, 0.2) is 34.9 Å². The molecule has 1 aliphatic heterocycles. The lowest BCUT2D eigenvalue weighted by Gasteiger charge is -2.15. The first-order chi connectivity index (χ1) is 11.5. The zero-order valence-electron chi connectivity index (χ0n) is 13.1. The lowest BCUT2D eigenvalue weighted by atomic mass is 10.2. The molecule has 1 aromatic heterocycles. The Labute approximate surface area is 137 Å². The van der Waals surface area contributed by atoms with Gasteiger partial charge in [-0.2, -0.15) is 0 Å². The number of benzene rings is 1. The molecule has 0 bridgehead atoms. The van der Waals surface area contributed by atoms with Crippen LogP contribution in [-0.2, 0) is 6.54 Å². The first-order valence-corrected chi connectivity index (χ1v) is 7.52. The molecule has 24 heavy (non-hydrogen) atoms. The predicted molar refractivity (Wildman–Crippen MR) is 82.6 cm³/mol. The van der Waals surface area contributed by atoms with Crippen molar-refractivity contribution >= 4 is 11.7 Å². The summed E-state index contributed by atoms with van der Waals surface area (Å²) in [5.74, 6) is -0.905. The molecule has 0 radical (unpaired) electrons. The summed E-state index contributed by atoms with van der Waals surface area (Å²) in [6.07, 6.45) is 0. The number of aromatic nitrogens is 1. The van der Waals surface area contributed by atoms with Crippen LogP contribution in [-0.4, -0.2) is 41.0 Å². The average molecular weight is 332 g/mol. The number of hydrogen-bond acceptors (Lipinski definition) is 6. The Hall–Kier alpha value is -2.58. The van der Waals surface area contributed by atoms with Gasteiger partial charge in [0.15, 0.2) is 11.5 Å². The maximum atomic E-state index is 13.2. The third kappa shape index (κ3) is 3.84. The average Bonchev–Trinajstić information content (AvgIpc) is 3.17. The van der Waals surface area contributed by atoms with Crippen molar-refractivity contribution in [2.75, 3.05) is 13.1 Å². The van der Waals surface area contributed by atoms with Crippen molar-refractivity contribution in [3.8, 4) is 0 Å². The van der Waals surface area contributed by atoms with Crippen molar-refractivity contribution in [2.24, 2.45) is 0 Å². The van der Waals surface area contributed by atoms with Gasteiger partial charge in [-0.05, 0) is 17.7 Å². The number of carbonyl (C=O) groups is 2. The molecule has 2 heterocycles. The van der Waals surface area contributed by atoms with Gasteiger partial charge in [0, 0.05) is 32.6 Å². The number of Topliss-reactive ketones (excluding diaryl/α,β-unsaturated/α-hetero) is 1. The summed E-state index contributed by atoms with van der Waals surface area (Å²) >= 11 is 0. The van der Waals surface area contributed by atoms with E-state index in [1.165, 1.54) is 25.1 Å². The molecule has 2 aromatic rings. The van der Waals surface area contributed by atoms with Crippen molar-refractivity contribution in [1.29, 1.82) is 0 Å². The van der Waals surface area contributed by atoms with Gasteiger partial charge in [-0.3, -0.25) is 15.0 Å². The topological polar surface area (TPSA) is 87.5 Å². The fourth-order valence-corrected chi connectivity index (χ4v) is 2.51. The van der Waals surface area contributed by atoms with Gasteiger partial charge in [-0.1, -0.05) is 17.3 Å². The van der Waals surface area contributed by atoms with E-state index < -0.39 is 5.91 Å². The molecule has 3 rings (SSSR count). The van der Waals surface area contributed by atoms with Crippen LogP contribution < -0.4 is 10.7 Å². The Morgan fingerprint density at radius 2 is 2.29 bits per heavy atom. The highest BCUT2D eigenvalue weighted by atomic mass is 19.1. The molecule has 0 saturated carbocycles. The van der Waals surface area contributed by atoms with Crippen molar-refractivity contribution in [2.45, 2.75) is 19.5 Å². The summed E-state index contributed by atoms with van der Waals surface area (Å²) in [5.41, 5.74) is 4.07. The summed E-state index contributed by atoms with van der Waals surface area (Å²) in [7, 11) is 0. The summed E-state index contributed by atoms with van der Waals surface area (Å²) in [6.45, 7) is 2.99. The summed E-state index contributed by atoms with van der Waals surface area (Å²) in [6, 6.07) is 7.59. The van der Waals surface area contributed by atoms with Gasteiger partial charge in [-0.25, -0.2) is 9.40 Å². The number of rotatable bonds is 5. The van der Waals surface area contributed by atoms with Gasteiger partial charge in [-0.15, -0.1) is 0 Å². The Morgan fingerprint density at radius 3 is 3.00 bits per heavy atom. The lowest BCUT2D eigenvalue weighted by Crippen LogP contribution is -2.38. The second kappa shape index (κ2) is 6.90. The Kier molecular flexibility index (Phi) is 4.68. The molecule has 1 aromatic carbocycles. The highest BCUT2D eigenvalue weighted by Crippen LogP contribution is 2.10. The summed E-state index contributed by atoms with van der Waals surface area (Å²) < 4.78 is 18.0. The van der Waals surface area contributed by atoms with Crippen molar-refractivity contribution in [1.82, 2.24) is 20.9 Å². The van der Waals surface area contributed by atoms with E-state index in [0.29, 0.717) is 19.6 Å². The van der Waals surface area contributed by atoms with Crippen LogP contribution in [0.3, 0.4) is 0 Å². The van der Waals surface area contributed by atoms with Crippen LogP contribution in [0.2, 0.25) is 0 Å². The largest absolute Gasteiger partial charge is 0.352 e. The van der Waals surface area contributed by atoms with Gasteiger partial charge in [0.2, 0.25) is 5.76 Å². The molecule has 1 unspecified atom stereocenters. The zero-order valence-corrected chi connectivity index (χ0v) is 13.1. The van der Waals surface area contributed by atoms with Crippen LogP contribution >= 0.6 is 0 Å². The van der Waals surface area contributed by atoms with Gasteiger partial charge in [0.25, 0.3) is 5.91 Å². The second-order valence-corrected chi connectivity index (χ2v) is 5.68. The van der Waals surface area contributed by atoms with Crippen LogP contribution in [0, 0.1) is 5.82 Å². The Morgan fingerprint density at radius 1 is 1.46 bits per heavy atom. The molecular formula is C16H17FN4O3. The molecule has 1 amide bonds. The molecule has 0 spiro atoms. The number of nitrogens with zero attached hydrogens (tertiary/aromatic N) is 2. The number of halogens is 1. The van der Waals surface area contributed by atoms with E-state index in [1.807, 2.05) is 11.1 Å². The van der Waals surface area contributed by atoms with Crippen LogP contribution in [0.1, 0.15) is 33.5 Å². The summed E-state index contributed by atoms with van der Waals surface area (Å²) in [4.78, 5) is 23.3. The monoisotopic (exact) mass is 332 g/mol. The third-order valence-electron chi connectivity index (χ3n) is 3.69. The van der Waals surface area contributed by atoms with Gasteiger partial charge in [0.1, 0.15) is 5.82 Å². The van der Waals surface area contributed by atoms with Crippen LogP contribution in [0.4, 0.5) is 4.39 Å². The predicted octanol–water partition coefficient (Wildman–Crippen LogP) is 1.14. The highest BCUT2D eigenvalue weighted by Gasteiger charge is 2.25. The van der Waals surface area contributed by atoms with Crippen molar-refractivity contribution in [3.05, 3.63) is 53.2 Å². The van der Waals surface area contributed by atoms with Crippen molar-refractivity contribution < 1.29 is 18.5 Å². The van der Waals surface area contributed by atoms with E-state index in [0.717, 1.165) is 5.56 Å². The number of carbonyl (C=O) groups excluding carboxylic acids is 2. The van der Waals surface area contributed by atoms with Gasteiger partial charge in [0.05, 0.1) is 6.04 Å². The number of ketones is 1. The lowest BCUT2D eigenvalue weighted by molar-refractivity contribution is 0.0925. The number of hydrogen-bond donors (Lipinski definition) is 2. The molecule has 1 atom stereocenters.